The van der Waals surface area contributed by atoms with Crippen LogP contribution in [0, 0.1) is 18.7 Å². The van der Waals surface area contributed by atoms with E-state index in [0.29, 0.717) is 5.56 Å². The zero-order valence-corrected chi connectivity index (χ0v) is 18.8. The van der Waals surface area contributed by atoms with Gasteiger partial charge in [-0.1, -0.05) is 18.2 Å². The largest absolute Gasteiger partial charge is 0.325 e. The maximum absolute atomic E-state index is 13.9. The second kappa shape index (κ2) is 8.14. The van der Waals surface area contributed by atoms with Crippen LogP contribution in [0.4, 0.5) is 20.6 Å². The monoisotopic (exact) mass is 474 g/mol. The van der Waals surface area contributed by atoms with Gasteiger partial charge in [0.15, 0.2) is 0 Å². The van der Waals surface area contributed by atoms with E-state index < -0.39 is 45.8 Å². The number of urea groups is 1. The molecular weight excluding hydrogens is 451 g/mol. The van der Waals surface area contributed by atoms with Crippen LogP contribution < -0.4 is 15.4 Å². The van der Waals surface area contributed by atoms with Crippen LogP contribution in [-0.4, -0.2) is 43.2 Å². The number of carbonyl (C=O) groups is 3. The van der Waals surface area contributed by atoms with E-state index >= 15 is 0 Å². The number of rotatable bonds is 7. The van der Waals surface area contributed by atoms with Gasteiger partial charge in [-0.15, -0.1) is 0 Å². The Hall–Kier alpha value is -3.47. The standard InChI is InChI=1S/C22H23FN4O5S/c1-13-7-10-15(11-18(13)33(31,32)26-17-6-4-3-5-16(17)23)24-19(28)12-27-20(29)22(2,14-8-9-14)25-21(27)30/h3-7,10-11,14,26H,8-9,12H2,1-2H3,(H,24,28)(H,25,30)/t22-/m0/s1. The molecule has 1 aliphatic heterocycles. The van der Waals surface area contributed by atoms with E-state index in [4.69, 9.17) is 0 Å². The minimum atomic E-state index is -4.15. The third-order valence-electron chi connectivity index (χ3n) is 5.88. The molecule has 0 spiro atoms. The Morgan fingerprint density at radius 3 is 2.58 bits per heavy atom. The van der Waals surface area contributed by atoms with Crippen LogP contribution in [0.2, 0.25) is 0 Å². The molecule has 2 aromatic rings. The molecule has 1 saturated heterocycles. The molecule has 3 N–H and O–H groups in total. The highest BCUT2D eigenvalue weighted by atomic mass is 32.2. The van der Waals surface area contributed by atoms with Gasteiger partial charge in [0.1, 0.15) is 17.9 Å². The maximum Gasteiger partial charge on any atom is 0.325 e. The van der Waals surface area contributed by atoms with Gasteiger partial charge in [0, 0.05) is 5.69 Å². The Bertz CT molecular complexity index is 1260. The summed E-state index contributed by atoms with van der Waals surface area (Å²) < 4.78 is 41.7. The van der Waals surface area contributed by atoms with E-state index in [9.17, 15) is 27.2 Å². The predicted octanol–water partition coefficient (Wildman–Crippen LogP) is 2.59. The average molecular weight is 475 g/mol. The number of nitrogens with one attached hydrogen (secondary N) is 3. The third kappa shape index (κ3) is 4.40. The van der Waals surface area contributed by atoms with Crippen molar-refractivity contribution in [3.05, 3.63) is 53.8 Å². The second-order valence-corrected chi connectivity index (χ2v) is 10.1. The van der Waals surface area contributed by atoms with Crippen molar-refractivity contribution in [2.24, 2.45) is 5.92 Å². The SMILES string of the molecule is Cc1ccc(NC(=O)CN2C(=O)N[C@@](C)(C3CC3)C2=O)cc1S(=O)(=O)Nc1ccccc1F. The molecule has 1 atom stereocenters. The topological polar surface area (TPSA) is 125 Å². The first-order valence-corrected chi connectivity index (χ1v) is 11.8. The van der Waals surface area contributed by atoms with Crippen LogP contribution in [-0.2, 0) is 19.6 Å². The fourth-order valence-corrected chi connectivity index (χ4v) is 5.19. The molecule has 4 rings (SSSR count). The minimum Gasteiger partial charge on any atom is -0.324 e. The van der Waals surface area contributed by atoms with E-state index in [2.05, 4.69) is 15.4 Å². The van der Waals surface area contributed by atoms with Crippen molar-refractivity contribution >= 4 is 39.2 Å². The number of halogens is 1. The molecule has 2 aromatic carbocycles. The highest BCUT2D eigenvalue weighted by Gasteiger charge is 2.56. The molecule has 1 aliphatic carbocycles. The number of benzene rings is 2. The van der Waals surface area contributed by atoms with E-state index in [1.807, 2.05) is 0 Å². The highest BCUT2D eigenvalue weighted by molar-refractivity contribution is 7.92. The third-order valence-corrected chi connectivity index (χ3v) is 7.38. The summed E-state index contributed by atoms with van der Waals surface area (Å²) in [6.45, 7) is 2.71. The van der Waals surface area contributed by atoms with Crippen LogP contribution in [0.25, 0.3) is 0 Å². The van der Waals surface area contributed by atoms with Gasteiger partial charge in [0.25, 0.3) is 15.9 Å². The molecule has 174 valence electrons. The molecule has 4 amide bonds. The van der Waals surface area contributed by atoms with E-state index in [1.165, 1.54) is 36.4 Å². The highest BCUT2D eigenvalue weighted by Crippen LogP contribution is 2.42. The Labute approximate surface area is 190 Å². The predicted molar refractivity (Wildman–Crippen MR) is 118 cm³/mol. The lowest BCUT2D eigenvalue weighted by atomic mass is 9.96. The van der Waals surface area contributed by atoms with Gasteiger partial charge in [-0.3, -0.25) is 19.2 Å². The molecule has 2 aliphatic rings. The lowest BCUT2D eigenvalue weighted by Gasteiger charge is -2.20. The minimum absolute atomic E-state index is 0.0637. The number of imide groups is 1. The second-order valence-electron chi connectivity index (χ2n) is 8.41. The van der Waals surface area contributed by atoms with Crippen molar-refractivity contribution in [1.82, 2.24) is 10.2 Å². The van der Waals surface area contributed by atoms with Crippen molar-refractivity contribution in [2.75, 3.05) is 16.6 Å². The molecule has 11 heteroatoms. The first-order chi connectivity index (χ1) is 15.5. The normalized spacial score (nSPS) is 20.5. The van der Waals surface area contributed by atoms with Gasteiger partial charge in [0.2, 0.25) is 5.91 Å². The molecule has 9 nitrogen and oxygen atoms in total. The number of anilines is 2. The number of nitrogens with zero attached hydrogens (tertiary/aromatic N) is 1. The van der Waals surface area contributed by atoms with Crippen LogP contribution in [0.15, 0.2) is 47.4 Å². The molecule has 33 heavy (non-hydrogen) atoms. The molecule has 0 bridgehead atoms. The number of amides is 4. The first kappa shape index (κ1) is 22.7. The Kier molecular flexibility index (Phi) is 5.61. The van der Waals surface area contributed by atoms with Crippen LogP contribution in [0.1, 0.15) is 25.3 Å². The first-order valence-electron chi connectivity index (χ1n) is 10.3. The van der Waals surface area contributed by atoms with E-state index in [-0.39, 0.29) is 22.2 Å². The number of sulfonamides is 1. The summed E-state index contributed by atoms with van der Waals surface area (Å²) in [5, 5.41) is 5.18. The zero-order chi connectivity index (χ0) is 24.0. The van der Waals surface area contributed by atoms with Crippen molar-refractivity contribution < 1.29 is 27.2 Å². The zero-order valence-electron chi connectivity index (χ0n) is 18.0. The number of hydrogen-bond donors (Lipinski definition) is 3. The van der Waals surface area contributed by atoms with Gasteiger partial charge >= 0.3 is 6.03 Å². The van der Waals surface area contributed by atoms with Crippen LogP contribution in [0.3, 0.4) is 0 Å². The van der Waals surface area contributed by atoms with Gasteiger partial charge in [-0.25, -0.2) is 17.6 Å². The summed E-state index contributed by atoms with van der Waals surface area (Å²) in [5.74, 6) is -1.78. The Balaban J connectivity index is 1.49. The van der Waals surface area contributed by atoms with E-state index in [1.54, 1.807) is 13.8 Å². The fourth-order valence-electron chi connectivity index (χ4n) is 3.85. The van der Waals surface area contributed by atoms with Crippen molar-refractivity contribution in [3.8, 4) is 0 Å². The van der Waals surface area contributed by atoms with Crippen LogP contribution >= 0.6 is 0 Å². The molecule has 2 fully saturated rings. The van der Waals surface area contributed by atoms with Crippen molar-refractivity contribution in [2.45, 2.75) is 37.1 Å². The van der Waals surface area contributed by atoms with Gasteiger partial charge < -0.3 is 10.6 Å². The Morgan fingerprint density at radius 1 is 1.21 bits per heavy atom. The summed E-state index contributed by atoms with van der Waals surface area (Å²) >= 11 is 0. The van der Waals surface area contributed by atoms with Crippen LogP contribution in [0.5, 0.6) is 0 Å². The lowest BCUT2D eigenvalue weighted by Crippen LogP contribution is -2.46. The number of carbonyl (C=O) groups excluding carboxylic acids is 3. The van der Waals surface area contributed by atoms with Crippen molar-refractivity contribution in [1.29, 1.82) is 0 Å². The quantitative estimate of drug-likeness (QED) is 0.532. The molecule has 1 heterocycles. The summed E-state index contributed by atoms with van der Waals surface area (Å²) in [7, 11) is -4.15. The molecule has 0 aromatic heterocycles. The Morgan fingerprint density at radius 2 is 1.91 bits per heavy atom. The fraction of sp³-hybridized carbons (Fsp3) is 0.318. The summed E-state index contributed by atoms with van der Waals surface area (Å²) in [4.78, 5) is 38.2. The van der Waals surface area contributed by atoms with Crippen molar-refractivity contribution in [3.63, 3.8) is 0 Å². The average Bonchev–Trinajstić information content (AvgIpc) is 3.57. The smallest absolute Gasteiger partial charge is 0.324 e. The molecule has 0 unspecified atom stereocenters. The van der Waals surface area contributed by atoms with Gasteiger partial charge in [-0.05, 0) is 62.4 Å². The molecular formula is C22H23FN4O5S. The number of hydrogen-bond acceptors (Lipinski definition) is 5. The summed E-state index contributed by atoms with van der Waals surface area (Å²) in [5.41, 5.74) is -0.674. The number of para-hydroxylation sites is 1. The molecule has 0 radical (unpaired) electrons. The maximum atomic E-state index is 13.9. The van der Waals surface area contributed by atoms with Gasteiger partial charge in [0.05, 0.1) is 10.6 Å². The number of aryl methyl sites for hydroxylation is 1. The summed E-state index contributed by atoms with van der Waals surface area (Å²) in [6, 6.07) is 8.94. The lowest BCUT2D eigenvalue weighted by molar-refractivity contribution is -0.134. The van der Waals surface area contributed by atoms with E-state index in [0.717, 1.165) is 23.8 Å². The molecule has 1 saturated carbocycles. The van der Waals surface area contributed by atoms with Gasteiger partial charge in [-0.2, -0.15) is 0 Å². The summed E-state index contributed by atoms with van der Waals surface area (Å²) in [6.07, 6.45) is 1.67.